The highest BCUT2D eigenvalue weighted by atomic mass is 19.2. The third-order valence-electron chi connectivity index (χ3n) is 8.05. The quantitative estimate of drug-likeness (QED) is 0.567. The minimum Gasteiger partial charge on any atom is -0.383 e. The number of amides is 1. The number of hydrogen-bond donors (Lipinski definition) is 1. The van der Waals surface area contributed by atoms with Crippen LogP contribution in [0.15, 0.2) is 60.9 Å². The van der Waals surface area contributed by atoms with Crippen LogP contribution in [0.2, 0.25) is 0 Å². The summed E-state index contributed by atoms with van der Waals surface area (Å²) in [7, 11) is 0. The van der Waals surface area contributed by atoms with Gasteiger partial charge >= 0.3 is 0 Å². The summed E-state index contributed by atoms with van der Waals surface area (Å²) in [6.45, 7) is 3.60. The summed E-state index contributed by atoms with van der Waals surface area (Å²) in [6.07, 6.45) is 4.85. The molecule has 192 valence electrons. The predicted octanol–water partition coefficient (Wildman–Crippen LogP) is 4.06. The summed E-state index contributed by atoms with van der Waals surface area (Å²) in [6, 6.07) is 13.1. The number of nitrogens with zero attached hydrogens (tertiary/aromatic N) is 3. The van der Waals surface area contributed by atoms with Crippen molar-refractivity contribution in [1.29, 1.82) is 0 Å². The second-order valence-corrected chi connectivity index (χ2v) is 10.2. The van der Waals surface area contributed by atoms with E-state index in [1.807, 2.05) is 42.7 Å². The van der Waals surface area contributed by atoms with Crippen LogP contribution in [0.5, 0.6) is 0 Å². The monoisotopic (exact) mass is 505 g/mol. The second kappa shape index (κ2) is 9.59. The Balaban J connectivity index is 1.17. The SMILES string of the molecule is O=C1[C@@H](O)CCN1C(c1ccc(CN2CCC3(CC2)OCc2ccncc23)cc1)c1ccc(F)c(F)c1. The van der Waals surface area contributed by atoms with E-state index in [9.17, 15) is 18.7 Å². The van der Waals surface area contributed by atoms with Crippen molar-refractivity contribution in [2.24, 2.45) is 0 Å². The van der Waals surface area contributed by atoms with Crippen molar-refractivity contribution in [3.8, 4) is 0 Å². The minimum atomic E-state index is -1.07. The first-order valence-electron chi connectivity index (χ1n) is 12.8. The molecule has 3 aromatic rings. The molecule has 1 amide bonds. The van der Waals surface area contributed by atoms with Crippen molar-refractivity contribution in [3.05, 3.63) is 100 Å². The van der Waals surface area contributed by atoms with E-state index in [-0.39, 0.29) is 5.60 Å². The second-order valence-electron chi connectivity index (χ2n) is 10.2. The molecule has 8 heteroatoms. The molecule has 6 rings (SSSR count). The van der Waals surface area contributed by atoms with E-state index in [0.29, 0.717) is 25.1 Å². The van der Waals surface area contributed by atoms with Gasteiger partial charge in [0.05, 0.1) is 18.2 Å². The van der Waals surface area contributed by atoms with E-state index in [1.54, 1.807) is 4.90 Å². The molecule has 2 fully saturated rings. The van der Waals surface area contributed by atoms with E-state index in [1.165, 1.54) is 17.2 Å². The Labute approximate surface area is 214 Å². The maximum absolute atomic E-state index is 14.1. The van der Waals surface area contributed by atoms with Crippen molar-refractivity contribution >= 4 is 5.91 Å². The molecule has 0 saturated carbocycles. The summed E-state index contributed by atoms with van der Waals surface area (Å²) in [5.41, 5.74) is 4.63. The zero-order valence-corrected chi connectivity index (χ0v) is 20.4. The molecule has 1 unspecified atom stereocenters. The van der Waals surface area contributed by atoms with Crippen LogP contribution >= 0.6 is 0 Å². The number of aromatic nitrogens is 1. The lowest BCUT2D eigenvalue weighted by Crippen LogP contribution is -2.42. The van der Waals surface area contributed by atoms with Crippen LogP contribution in [0.4, 0.5) is 8.78 Å². The van der Waals surface area contributed by atoms with Gasteiger partial charge in [-0.25, -0.2) is 8.78 Å². The number of hydrogen-bond acceptors (Lipinski definition) is 5. The number of benzene rings is 2. The van der Waals surface area contributed by atoms with E-state index >= 15 is 0 Å². The number of fused-ring (bicyclic) bond motifs is 2. The molecule has 3 aliphatic rings. The molecule has 4 heterocycles. The molecular formula is C29H29F2N3O3. The Morgan fingerprint density at radius 2 is 1.78 bits per heavy atom. The zero-order valence-electron chi connectivity index (χ0n) is 20.4. The van der Waals surface area contributed by atoms with Gasteiger partial charge in [-0.15, -0.1) is 0 Å². The highest BCUT2D eigenvalue weighted by Crippen LogP contribution is 2.44. The summed E-state index contributed by atoms with van der Waals surface area (Å²) >= 11 is 0. The first-order chi connectivity index (χ1) is 17.9. The zero-order chi connectivity index (χ0) is 25.6. The molecule has 2 aromatic carbocycles. The van der Waals surface area contributed by atoms with Gasteiger partial charge < -0.3 is 14.7 Å². The number of likely N-dealkylation sites (tertiary alicyclic amines) is 2. The largest absolute Gasteiger partial charge is 0.383 e. The number of aliphatic hydroxyl groups is 1. The number of piperidine rings is 1. The first-order valence-corrected chi connectivity index (χ1v) is 12.8. The van der Waals surface area contributed by atoms with Gasteiger partial charge in [-0.05, 0) is 59.7 Å². The Bertz CT molecular complexity index is 1310. The average Bonchev–Trinajstić information content (AvgIpc) is 3.44. The van der Waals surface area contributed by atoms with Gasteiger partial charge in [-0.2, -0.15) is 0 Å². The Hall–Kier alpha value is -3.20. The van der Waals surface area contributed by atoms with Crippen LogP contribution in [0.25, 0.3) is 0 Å². The number of ether oxygens (including phenoxy) is 1. The van der Waals surface area contributed by atoms with Crippen LogP contribution in [-0.2, 0) is 28.3 Å². The lowest BCUT2D eigenvalue weighted by molar-refractivity contribution is -0.135. The Morgan fingerprint density at radius 3 is 2.49 bits per heavy atom. The van der Waals surface area contributed by atoms with Gasteiger partial charge in [-0.1, -0.05) is 30.3 Å². The Kier molecular flexibility index (Phi) is 6.26. The normalized spacial score (nSPS) is 22.0. The van der Waals surface area contributed by atoms with Crippen molar-refractivity contribution in [2.45, 2.75) is 50.2 Å². The minimum absolute atomic E-state index is 0.228. The van der Waals surface area contributed by atoms with E-state index in [4.69, 9.17) is 4.74 Å². The van der Waals surface area contributed by atoms with Gasteiger partial charge in [0, 0.05) is 44.1 Å². The maximum Gasteiger partial charge on any atom is 0.252 e. The number of carbonyl (C=O) groups is 1. The van der Waals surface area contributed by atoms with Crippen LogP contribution in [0.3, 0.4) is 0 Å². The summed E-state index contributed by atoms with van der Waals surface area (Å²) in [5, 5.41) is 10.0. The fraction of sp³-hybridized carbons (Fsp3) is 0.379. The average molecular weight is 506 g/mol. The summed E-state index contributed by atoms with van der Waals surface area (Å²) < 4.78 is 34.0. The lowest BCUT2D eigenvalue weighted by atomic mass is 9.84. The highest BCUT2D eigenvalue weighted by molar-refractivity contribution is 5.83. The first kappa shape index (κ1) is 24.2. The van der Waals surface area contributed by atoms with Gasteiger partial charge in [0.25, 0.3) is 5.91 Å². The molecule has 1 spiro atoms. The molecule has 37 heavy (non-hydrogen) atoms. The molecule has 2 atom stereocenters. The van der Waals surface area contributed by atoms with Gasteiger partial charge in [0.2, 0.25) is 0 Å². The van der Waals surface area contributed by atoms with Crippen LogP contribution in [0.1, 0.15) is 53.1 Å². The molecule has 6 nitrogen and oxygen atoms in total. The summed E-state index contributed by atoms with van der Waals surface area (Å²) in [5.74, 6) is -2.29. The number of halogens is 2. The fourth-order valence-corrected chi connectivity index (χ4v) is 5.98. The number of carbonyl (C=O) groups excluding carboxylic acids is 1. The molecule has 3 aliphatic heterocycles. The smallest absolute Gasteiger partial charge is 0.252 e. The lowest BCUT2D eigenvalue weighted by Gasteiger charge is -2.39. The Morgan fingerprint density at radius 1 is 1.03 bits per heavy atom. The molecule has 0 aliphatic carbocycles. The molecule has 1 aromatic heterocycles. The topological polar surface area (TPSA) is 65.9 Å². The van der Waals surface area contributed by atoms with E-state index in [2.05, 4.69) is 9.88 Å². The molecule has 0 bridgehead atoms. The molecule has 1 N–H and O–H groups in total. The fourth-order valence-electron chi connectivity index (χ4n) is 5.98. The van der Waals surface area contributed by atoms with Crippen LogP contribution in [-0.4, -0.2) is 51.5 Å². The van der Waals surface area contributed by atoms with E-state index < -0.39 is 29.7 Å². The van der Waals surface area contributed by atoms with Gasteiger partial charge in [-0.3, -0.25) is 14.7 Å². The predicted molar refractivity (Wildman–Crippen MR) is 132 cm³/mol. The molecule has 2 saturated heterocycles. The summed E-state index contributed by atoms with van der Waals surface area (Å²) in [4.78, 5) is 20.9. The number of aliphatic hydroxyl groups excluding tert-OH is 1. The van der Waals surface area contributed by atoms with Crippen molar-refractivity contribution < 1.29 is 23.4 Å². The van der Waals surface area contributed by atoms with Gasteiger partial charge in [0.15, 0.2) is 11.6 Å². The third kappa shape index (κ3) is 4.43. The van der Waals surface area contributed by atoms with Crippen molar-refractivity contribution in [1.82, 2.24) is 14.8 Å². The number of rotatable bonds is 5. The third-order valence-corrected chi connectivity index (χ3v) is 8.05. The highest BCUT2D eigenvalue weighted by Gasteiger charge is 2.42. The molecular weight excluding hydrogens is 476 g/mol. The van der Waals surface area contributed by atoms with Crippen LogP contribution < -0.4 is 0 Å². The maximum atomic E-state index is 14.1. The van der Waals surface area contributed by atoms with Crippen LogP contribution in [0, 0.1) is 11.6 Å². The van der Waals surface area contributed by atoms with Gasteiger partial charge in [0.1, 0.15) is 6.10 Å². The van der Waals surface area contributed by atoms with Crippen molar-refractivity contribution in [3.63, 3.8) is 0 Å². The van der Waals surface area contributed by atoms with E-state index in [0.717, 1.165) is 55.7 Å². The molecule has 0 radical (unpaired) electrons. The standard InChI is InChI=1S/C29H29F2N3O3/c30-24-6-5-21(15-25(24)31)27(34-12-8-26(35)28(34)36)20-3-1-19(2-4-20)17-33-13-9-29(10-14-33)23-16-32-11-7-22(23)18-37-29/h1-7,11,15-16,26-27,35H,8-10,12-14,17-18H2/t26-,27?/m0/s1. The number of pyridine rings is 1. The van der Waals surface area contributed by atoms with Crippen molar-refractivity contribution in [2.75, 3.05) is 19.6 Å².